The van der Waals surface area contributed by atoms with Gasteiger partial charge in [-0.05, 0) is 59.0 Å². The monoisotopic (exact) mass is 319 g/mol. The van der Waals surface area contributed by atoms with Gasteiger partial charge in [0.2, 0.25) is 0 Å². The molecule has 2 aromatic rings. The number of carbonyl (C=O) groups is 1. The van der Waals surface area contributed by atoms with Crippen LogP contribution in [0, 0.1) is 13.8 Å². The molecule has 0 saturated heterocycles. The number of pyridine rings is 1. The summed E-state index contributed by atoms with van der Waals surface area (Å²) in [6.45, 7) is 3.86. The Kier molecular flexibility index (Phi) is 4.00. The summed E-state index contributed by atoms with van der Waals surface area (Å²) >= 11 is 3.36. The highest BCUT2D eigenvalue weighted by Crippen LogP contribution is 2.19. The standard InChI is InChI=1S/C15H14BrNO2/c1-9-3-4-12(13(5-9)15(18)19)7-11-6-10(2)14(16)17-8-11/h3-6,8H,7H2,1-2H3,(H,18,19). The molecule has 0 amide bonds. The van der Waals surface area contributed by atoms with Gasteiger partial charge in [-0.2, -0.15) is 0 Å². The minimum atomic E-state index is -0.888. The number of nitrogens with zero attached hydrogens (tertiary/aromatic N) is 1. The van der Waals surface area contributed by atoms with Crippen LogP contribution in [0.4, 0.5) is 0 Å². The molecule has 3 nitrogen and oxygen atoms in total. The topological polar surface area (TPSA) is 50.2 Å². The second-order valence-electron chi connectivity index (χ2n) is 4.59. The normalized spacial score (nSPS) is 10.5. The number of aryl methyl sites for hydroxylation is 2. The van der Waals surface area contributed by atoms with E-state index in [0.717, 1.165) is 26.9 Å². The van der Waals surface area contributed by atoms with E-state index in [4.69, 9.17) is 0 Å². The van der Waals surface area contributed by atoms with Crippen LogP contribution in [-0.2, 0) is 6.42 Å². The maximum absolute atomic E-state index is 11.3. The van der Waals surface area contributed by atoms with E-state index in [0.29, 0.717) is 12.0 Å². The van der Waals surface area contributed by atoms with E-state index >= 15 is 0 Å². The third kappa shape index (κ3) is 3.20. The summed E-state index contributed by atoms with van der Waals surface area (Å²) in [4.78, 5) is 15.5. The molecule has 1 N–H and O–H groups in total. The summed E-state index contributed by atoms with van der Waals surface area (Å²) in [5.74, 6) is -0.888. The Morgan fingerprint density at radius 3 is 2.68 bits per heavy atom. The van der Waals surface area contributed by atoms with Crippen molar-refractivity contribution in [3.8, 4) is 0 Å². The van der Waals surface area contributed by atoms with Crippen LogP contribution in [0.5, 0.6) is 0 Å². The number of carboxylic acid groups (broad SMARTS) is 1. The van der Waals surface area contributed by atoms with Gasteiger partial charge in [0.15, 0.2) is 0 Å². The molecule has 0 aliphatic rings. The predicted octanol–water partition coefficient (Wildman–Crippen LogP) is 3.75. The lowest BCUT2D eigenvalue weighted by molar-refractivity contribution is 0.0695. The van der Waals surface area contributed by atoms with Crippen LogP contribution >= 0.6 is 15.9 Å². The van der Waals surface area contributed by atoms with Crippen LogP contribution in [-0.4, -0.2) is 16.1 Å². The van der Waals surface area contributed by atoms with Crippen molar-refractivity contribution in [3.05, 3.63) is 62.9 Å². The summed E-state index contributed by atoms with van der Waals surface area (Å²) in [6.07, 6.45) is 2.34. The molecule has 0 bridgehead atoms. The molecular formula is C15H14BrNO2. The molecule has 19 heavy (non-hydrogen) atoms. The van der Waals surface area contributed by atoms with E-state index in [-0.39, 0.29) is 0 Å². The minimum Gasteiger partial charge on any atom is -0.478 e. The van der Waals surface area contributed by atoms with E-state index in [9.17, 15) is 9.90 Å². The highest BCUT2D eigenvalue weighted by atomic mass is 79.9. The van der Waals surface area contributed by atoms with Crippen molar-refractivity contribution in [2.45, 2.75) is 20.3 Å². The highest BCUT2D eigenvalue weighted by Gasteiger charge is 2.11. The van der Waals surface area contributed by atoms with E-state index in [2.05, 4.69) is 20.9 Å². The first kappa shape index (κ1) is 13.7. The number of rotatable bonds is 3. The van der Waals surface area contributed by atoms with E-state index in [1.807, 2.05) is 32.0 Å². The third-order valence-corrected chi connectivity index (χ3v) is 3.79. The zero-order chi connectivity index (χ0) is 14.0. The predicted molar refractivity (Wildman–Crippen MR) is 77.6 cm³/mol. The highest BCUT2D eigenvalue weighted by molar-refractivity contribution is 9.10. The molecule has 0 unspecified atom stereocenters. The van der Waals surface area contributed by atoms with E-state index in [1.165, 1.54) is 0 Å². The van der Waals surface area contributed by atoms with Gasteiger partial charge in [0.25, 0.3) is 0 Å². The number of benzene rings is 1. The second-order valence-corrected chi connectivity index (χ2v) is 5.34. The third-order valence-electron chi connectivity index (χ3n) is 2.96. The fourth-order valence-electron chi connectivity index (χ4n) is 1.98. The Bertz CT molecular complexity index is 638. The molecule has 98 valence electrons. The first-order valence-electron chi connectivity index (χ1n) is 5.91. The smallest absolute Gasteiger partial charge is 0.335 e. The van der Waals surface area contributed by atoms with E-state index < -0.39 is 5.97 Å². The maximum atomic E-state index is 11.3. The summed E-state index contributed by atoms with van der Waals surface area (Å²) in [6, 6.07) is 7.52. The van der Waals surface area contributed by atoms with Gasteiger partial charge in [-0.15, -0.1) is 0 Å². The fraction of sp³-hybridized carbons (Fsp3) is 0.200. The summed E-state index contributed by atoms with van der Waals surface area (Å²) in [7, 11) is 0. The number of halogens is 1. The van der Waals surface area contributed by atoms with Crippen LogP contribution in [0.1, 0.15) is 32.6 Å². The first-order chi connectivity index (χ1) is 8.97. The number of hydrogen-bond donors (Lipinski definition) is 1. The van der Waals surface area contributed by atoms with Crippen molar-refractivity contribution in [2.75, 3.05) is 0 Å². The van der Waals surface area contributed by atoms with Gasteiger partial charge < -0.3 is 5.11 Å². The summed E-state index contributed by atoms with van der Waals surface area (Å²) in [5, 5.41) is 9.24. The van der Waals surface area contributed by atoms with Crippen LogP contribution in [0.25, 0.3) is 0 Å². The molecule has 0 radical (unpaired) electrons. The van der Waals surface area contributed by atoms with Crippen LogP contribution in [0.15, 0.2) is 35.1 Å². The van der Waals surface area contributed by atoms with Crippen molar-refractivity contribution in [1.82, 2.24) is 4.98 Å². The SMILES string of the molecule is Cc1ccc(Cc2cnc(Br)c(C)c2)c(C(=O)O)c1. The van der Waals surface area contributed by atoms with Crippen molar-refractivity contribution in [1.29, 1.82) is 0 Å². The van der Waals surface area contributed by atoms with Gasteiger partial charge in [0.05, 0.1) is 5.56 Å². The minimum absolute atomic E-state index is 0.362. The summed E-state index contributed by atoms with van der Waals surface area (Å²) in [5.41, 5.74) is 4.17. The van der Waals surface area contributed by atoms with Gasteiger partial charge in [-0.1, -0.05) is 23.8 Å². The second kappa shape index (κ2) is 5.53. The molecule has 0 aliphatic heterocycles. The lowest BCUT2D eigenvalue weighted by atomic mass is 9.98. The van der Waals surface area contributed by atoms with Crippen LogP contribution in [0.3, 0.4) is 0 Å². The van der Waals surface area contributed by atoms with Gasteiger partial charge >= 0.3 is 5.97 Å². The molecule has 0 saturated carbocycles. The Morgan fingerprint density at radius 2 is 2.05 bits per heavy atom. The number of aromatic nitrogens is 1. The van der Waals surface area contributed by atoms with Crippen molar-refractivity contribution in [2.24, 2.45) is 0 Å². The van der Waals surface area contributed by atoms with Gasteiger partial charge in [0.1, 0.15) is 4.60 Å². The molecule has 1 aromatic heterocycles. The van der Waals surface area contributed by atoms with Crippen molar-refractivity contribution in [3.63, 3.8) is 0 Å². The van der Waals surface area contributed by atoms with Crippen molar-refractivity contribution < 1.29 is 9.90 Å². The Morgan fingerprint density at radius 1 is 1.32 bits per heavy atom. The molecule has 0 fully saturated rings. The average Bonchev–Trinajstić information content (AvgIpc) is 2.36. The maximum Gasteiger partial charge on any atom is 0.335 e. The number of carboxylic acids is 1. The quantitative estimate of drug-likeness (QED) is 0.876. The van der Waals surface area contributed by atoms with Gasteiger partial charge in [-0.25, -0.2) is 9.78 Å². The lowest BCUT2D eigenvalue weighted by Crippen LogP contribution is -2.04. The molecule has 4 heteroatoms. The Labute approximate surface area is 120 Å². The zero-order valence-electron chi connectivity index (χ0n) is 10.8. The average molecular weight is 320 g/mol. The van der Waals surface area contributed by atoms with Crippen LogP contribution < -0.4 is 0 Å². The van der Waals surface area contributed by atoms with Crippen molar-refractivity contribution >= 4 is 21.9 Å². The molecule has 0 spiro atoms. The fourth-order valence-corrected chi connectivity index (χ4v) is 2.19. The molecule has 1 aromatic carbocycles. The zero-order valence-corrected chi connectivity index (χ0v) is 12.4. The molecule has 0 aliphatic carbocycles. The molecule has 0 atom stereocenters. The molecule has 1 heterocycles. The Hall–Kier alpha value is -1.68. The van der Waals surface area contributed by atoms with Crippen LogP contribution in [0.2, 0.25) is 0 Å². The first-order valence-corrected chi connectivity index (χ1v) is 6.70. The summed E-state index contributed by atoms with van der Waals surface area (Å²) < 4.78 is 0.818. The lowest BCUT2D eigenvalue weighted by Gasteiger charge is -2.08. The van der Waals surface area contributed by atoms with Gasteiger partial charge in [-0.3, -0.25) is 0 Å². The number of aromatic carboxylic acids is 1. The van der Waals surface area contributed by atoms with E-state index in [1.54, 1.807) is 12.3 Å². The molecule has 2 rings (SSSR count). The Balaban J connectivity index is 2.37. The van der Waals surface area contributed by atoms with Gasteiger partial charge in [0, 0.05) is 6.20 Å². The number of hydrogen-bond acceptors (Lipinski definition) is 2. The molecular weight excluding hydrogens is 306 g/mol. The largest absolute Gasteiger partial charge is 0.478 e.